The number of furan rings is 1. The van der Waals surface area contributed by atoms with Crippen LogP contribution in [0.5, 0.6) is 0 Å². The van der Waals surface area contributed by atoms with E-state index in [1.165, 1.54) is 38.8 Å². The fourth-order valence-electron chi connectivity index (χ4n) is 2.92. The molecule has 0 aliphatic carbocycles. The summed E-state index contributed by atoms with van der Waals surface area (Å²) in [6.07, 6.45) is 8.14. The molecule has 2 unspecified atom stereocenters. The minimum absolute atomic E-state index is 0.491. The Labute approximate surface area is 117 Å². The van der Waals surface area contributed by atoms with Gasteiger partial charge in [-0.1, -0.05) is 6.42 Å². The summed E-state index contributed by atoms with van der Waals surface area (Å²) in [5, 5.41) is 3.59. The highest BCUT2D eigenvalue weighted by molar-refractivity contribution is 4.99. The predicted octanol–water partition coefficient (Wildman–Crippen LogP) is 3.06. The standard InChI is InChI=1S/C16H28N2O/c1-14(13-16-8-5-12-19-16)17-9-6-11-18-10-4-3-7-15(18)2/h5,8,12,14-15,17H,3-4,6-7,9-11,13H2,1-2H3. The molecule has 0 bridgehead atoms. The second-order valence-electron chi connectivity index (χ2n) is 5.87. The molecule has 1 fully saturated rings. The van der Waals surface area contributed by atoms with Crippen LogP contribution in [0.15, 0.2) is 22.8 Å². The molecule has 3 nitrogen and oxygen atoms in total. The van der Waals surface area contributed by atoms with Crippen LogP contribution in [0.2, 0.25) is 0 Å². The Hall–Kier alpha value is -0.800. The molecule has 0 radical (unpaired) electrons. The van der Waals surface area contributed by atoms with Crippen LogP contribution in [0.1, 0.15) is 45.3 Å². The number of hydrogen-bond acceptors (Lipinski definition) is 3. The van der Waals surface area contributed by atoms with Gasteiger partial charge in [-0.2, -0.15) is 0 Å². The number of hydrogen-bond donors (Lipinski definition) is 1. The van der Waals surface area contributed by atoms with E-state index < -0.39 is 0 Å². The summed E-state index contributed by atoms with van der Waals surface area (Å²) in [5.74, 6) is 1.07. The molecular weight excluding hydrogens is 236 g/mol. The van der Waals surface area contributed by atoms with E-state index >= 15 is 0 Å². The van der Waals surface area contributed by atoms with Crippen molar-refractivity contribution in [3.05, 3.63) is 24.2 Å². The maximum atomic E-state index is 5.37. The third-order valence-corrected chi connectivity index (χ3v) is 4.14. The van der Waals surface area contributed by atoms with Gasteiger partial charge >= 0.3 is 0 Å². The quantitative estimate of drug-likeness (QED) is 0.767. The number of nitrogens with one attached hydrogen (secondary N) is 1. The Morgan fingerprint density at radius 3 is 3.11 bits per heavy atom. The number of rotatable bonds is 7. The molecule has 1 saturated heterocycles. The van der Waals surface area contributed by atoms with Crippen molar-refractivity contribution in [2.45, 2.75) is 58.0 Å². The predicted molar refractivity (Wildman–Crippen MR) is 79.4 cm³/mol. The topological polar surface area (TPSA) is 28.4 Å². The molecule has 0 spiro atoms. The van der Waals surface area contributed by atoms with Crippen LogP contribution in [-0.4, -0.2) is 36.6 Å². The number of nitrogens with zero attached hydrogens (tertiary/aromatic N) is 1. The normalized spacial score (nSPS) is 22.5. The fraction of sp³-hybridized carbons (Fsp3) is 0.750. The summed E-state index contributed by atoms with van der Waals surface area (Å²) < 4.78 is 5.37. The van der Waals surface area contributed by atoms with Gasteiger partial charge in [0.25, 0.3) is 0 Å². The lowest BCUT2D eigenvalue weighted by molar-refractivity contribution is 0.158. The van der Waals surface area contributed by atoms with E-state index in [4.69, 9.17) is 4.42 Å². The first-order chi connectivity index (χ1) is 9.25. The molecule has 3 heteroatoms. The van der Waals surface area contributed by atoms with Gasteiger partial charge in [0.05, 0.1) is 6.26 Å². The lowest BCUT2D eigenvalue weighted by Crippen LogP contribution is -2.39. The van der Waals surface area contributed by atoms with Crippen molar-refractivity contribution in [1.29, 1.82) is 0 Å². The minimum Gasteiger partial charge on any atom is -0.469 e. The molecule has 1 aliphatic heterocycles. The third kappa shape index (κ3) is 5.00. The lowest BCUT2D eigenvalue weighted by atomic mass is 10.0. The van der Waals surface area contributed by atoms with Crippen molar-refractivity contribution in [2.75, 3.05) is 19.6 Å². The molecule has 2 rings (SSSR count). The highest BCUT2D eigenvalue weighted by atomic mass is 16.3. The Bertz CT molecular complexity index is 337. The Morgan fingerprint density at radius 2 is 2.37 bits per heavy atom. The zero-order valence-corrected chi connectivity index (χ0v) is 12.4. The van der Waals surface area contributed by atoms with Crippen LogP contribution in [0.4, 0.5) is 0 Å². The highest BCUT2D eigenvalue weighted by Crippen LogP contribution is 2.16. The van der Waals surface area contributed by atoms with Gasteiger partial charge in [-0.05, 0) is 64.9 Å². The molecule has 1 N–H and O–H groups in total. The number of piperidine rings is 1. The van der Waals surface area contributed by atoms with E-state index in [0.29, 0.717) is 6.04 Å². The molecule has 2 heterocycles. The maximum Gasteiger partial charge on any atom is 0.105 e. The molecule has 108 valence electrons. The molecule has 1 aromatic heterocycles. The van der Waals surface area contributed by atoms with Gasteiger partial charge < -0.3 is 14.6 Å². The Morgan fingerprint density at radius 1 is 1.47 bits per heavy atom. The summed E-state index contributed by atoms with van der Waals surface area (Å²) in [5.41, 5.74) is 0. The van der Waals surface area contributed by atoms with E-state index in [-0.39, 0.29) is 0 Å². The van der Waals surface area contributed by atoms with Crippen molar-refractivity contribution in [3.63, 3.8) is 0 Å². The van der Waals surface area contributed by atoms with Crippen LogP contribution in [0.25, 0.3) is 0 Å². The van der Waals surface area contributed by atoms with E-state index in [2.05, 4.69) is 24.1 Å². The third-order valence-electron chi connectivity index (χ3n) is 4.14. The van der Waals surface area contributed by atoms with Crippen molar-refractivity contribution < 1.29 is 4.42 Å². The average molecular weight is 264 g/mol. The van der Waals surface area contributed by atoms with Gasteiger partial charge in [0, 0.05) is 18.5 Å². The molecule has 0 saturated carbocycles. The summed E-state index contributed by atoms with van der Waals surface area (Å²) in [6.45, 7) is 8.23. The van der Waals surface area contributed by atoms with Crippen LogP contribution in [-0.2, 0) is 6.42 Å². The van der Waals surface area contributed by atoms with Crippen molar-refractivity contribution in [2.24, 2.45) is 0 Å². The van der Waals surface area contributed by atoms with Crippen LogP contribution < -0.4 is 5.32 Å². The summed E-state index contributed by atoms with van der Waals surface area (Å²) in [7, 11) is 0. The van der Waals surface area contributed by atoms with Crippen molar-refractivity contribution in [3.8, 4) is 0 Å². The van der Waals surface area contributed by atoms with Gasteiger partial charge in [-0.15, -0.1) is 0 Å². The maximum absolute atomic E-state index is 5.37. The molecule has 2 atom stereocenters. The van der Waals surface area contributed by atoms with Gasteiger partial charge in [-0.3, -0.25) is 0 Å². The largest absolute Gasteiger partial charge is 0.469 e. The second kappa shape index (κ2) is 7.71. The number of likely N-dealkylation sites (tertiary alicyclic amines) is 1. The van der Waals surface area contributed by atoms with Crippen LogP contribution >= 0.6 is 0 Å². The first-order valence-corrected chi connectivity index (χ1v) is 7.75. The zero-order valence-electron chi connectivity index (χ0n) is 12.4. The van der Waals surface area contributed by atoms with E-state index in [9.17, 15) is 0 Å². The summed E-state index contributed by atoms with van der Waals surface area (Å²) in [4.78, 5) is 2.64. The van der Waals surface area contributed by atoms with Crippen molar-refractivity contribution in [1.82, 2.24) is 10.2 Å². The van der Waals surface area contributed by atoms with E-state index in [0.717, 1.165) is 24.8 Å². The molecule has 1 aliphatic rings. The molecule has 0 amide bonds. The lowest BCUT2D eigenvalue weighted by Gasteiger charge is -2.33. The van der Waals surface area contributed by atoms with Crippen molar-refractivity contribution >= 4 is 0 Å². The Kier molecular flexibility index (Phi) is 5.93. The van der Waals surface area contributed by atoms with Gasteiger partial charge in [0.15, 0.2) is 0 Å². The molecule has 19 heavy (non-hydrogen) atoms. The summed E-state index contributed by atoms with van der Waals surface area (Å²) >= 11 is 0. The fourth-order valence-corrected chi connectivity index (χ4v) is 2.92. The van der Waals surface area contributed by atoms with Crippen LogP contribution in [0.3, 0.4) is 0 Å². The minimum atomic E-state index is 0.491. The SMILES string of the molecule is CC(Cc1ccco1)NCCCN1CCCCC1C. The van der Waals surface area contributed by atoms with Crippen LogP contribution in [0, 0.1) is 0 Å². The zero-order chi connectivity index (χ0) is 13.5. The molecule has 1 aromatic rings. The summed E-state index contributed by atoms with van der Waals surface area (Å²) in [6, 6.07) is 5.28. The Balaban J connectivity index is 1.56. The van der Waals surface area contributed by atoms with Gasteiger partial charge in [0.1, 0.15) is 5.76 Å². The second-order valence-corrected chi connectivity index (χ2v) is 5.87. The highest BCUT2D eigenvalue weighted by Gasteiger charge is 2.17. The monoisotopic (exact) mass is 264 g/mol. The molecule has 0 aromatic carbocycles. The average Bonchev–Trinajstić information content (AvgIpc) is 2.89. The van der Waals surface area contributed by atoms with E-state index in [1.54, 1.807) is 6.26 Å². The first kappa shape index (κ1) is 14.6. The molecular formula is C16H28N2O. The van der Waals surface area contributed by atoms with E-state index in [1.807, 2.05) is 12.1 Å². The smallest absolute Gasteiger partial charge is 0.105 e. The first-order valence-electron chi connectivity index (χ1n) is 7.75. The van der Waals surface area contributed by atoms with Gasteiger partial charge in [0.2, 0.25) is 0 Å². The van der Waals surface area contributed by atoms with Gasteiger partial charge in [-0.25, -0.2) is 0 Å².